The van der Waals surface area contributed by atoms with Crippen LogP contribution in [-0.2, 0) is 10.2 Å². The van der Waals surface area contributed by atoms with Crippen LogP contribution in [0.2, 0.25) is 0 Å². The number of cyclic esters (lactones) is 1. The lowest BCUT2D eigenvalue weighted by molar-refractivity contribution is 0.115. The molecule has 0 bridgehead atoms. The van der Waals surface area contributed by atoms with Gasteiger partial charge in [0.15, 0.2) is 0 Å². The number of carbonyl (C=O) groups is 1. The number of nitrogens with one attached hydrogen (secondary N) is 1. The molecule has 1 saturated heterocycles. The summed E-state index contributed by atoms with van der Waals surface area (Å²) in [5.74, 6) is 0. The Morgan fingerprint density at radius 1 is 1.24 bits per heavy atom. The highest BCUT2D eigenvalue weighted by Gasteiger charge is 2.21. The molecule has 1 aromatic rings. The van der Waals surface area contributed by atoms with Gasteiger partial charge in [-0.05, 0) is 16.5 Å². The van der Waals surface area contributed by atoms with Crippen molar-refractivity contribution >= 4 is 6.09 Å². The van der Waals surface area contributed by atoms with E-state index in [1.807, 2.05) is 0 Å². The predicted molar refractivity (Wildman–Crippen MR) is 67.0 cm³/mol. The summed E-state index contributed by atoms with van der Waals surface area (Å²) in [4.78, 5) is 11.1. The second-order valence-corrected chi connectivity index (χ2v) is 5.49. The second-order valence-electron chi connectivity index (χ2n) is 5.49. The number of hydrogen-bond donors (Lipinski definition) is 1. The number of rotatable bonds is 1. The van der Waals surface area contributed by atoms with E-state index in [9.17, 15) is 4.79 Å². The van der Waals surface area contributed by atoms with Crippen LogP contribution in [0.25, 0.3) is 0 Å². The zero-order chi connectivity index (χ0) is 12.5. The van der Waals surface area contributed by atoms with Crippen LogP contribution in [-0.4, -0.2) is 12.7 Å². The van der Waals surface area contributed by atoms with E-state index >= 15 is 0 Å². The third-order valence-electron chi connectivity index (χ3n) is 3.11. The monoisotopic (exact) mass is 233 g/mol. The van der Waals surface area contributed by atoms with Crippen LogP contribution in [0.15, 0.2) is 24.3 Å². The smallest absolute Gasteiger partial charge is 0.407 e. The van der Waals surface area contributed by atoms with E-state index in [4.69, 9.17) is 4.74 Å². The Morgan fingerprint density at radius 2 is 1.88 bits per heavy atom. The maximum Gasteiger partial charge on any atom is 0.407 e. The highest BCUT2D eigenvalue weighted by Crippen LogP contribution is 2.25. The van der Waals surface area contributed by atoms with E-state index < -0.39 is 0 Å². The Morgan fingerprint density at radius 3 is 2.41 bits per heavy atom. The molecule has 3 nitrogen and oxygen atoms in total. The van der Waals surface area contributed by atoms with Crippen molar-refractivity contribution in [3.63, 3.8) is 0 Å². The van der Waals surface area contributed by atoms with E-state index in [-0.39, 0.29) is 17.6 Å². The summed E-state index contributed by atoms with van der Waals surface area (Å²) in [6.45, 7) is 7.08. The molecular weight excluding hydrogens is 214 g/mol. The number of hydrogen-bond acceptors (Lipinski definition) is 2. The van der Waals surface area contributed by atoms with Gasteiger partial charge in [-0.1, -0.05) is 45.0 Å². The van der Waals surface area contributed by atoms with Crippen LogP contribution in [0.4, 0.5) is 4.79 Å². The summed E-state index contributed by atoms with van der Waals surface area (Å²) in [6.07, 6.45) is 0.516. The average Bonchev–Trinajstić information content (AvgIpc) is 2.28. The van der Waals surface area contributed by atoms with Gasteiger partial charge in [0.05, 0.1) is 12.6 Å². The van der Waals surface area contributed by atoms with Gasteiger partial charge in [0.25, 0.3) is 0 Å². The first-order chi connectivity index (χ1) is 7.97. The molecule has 1 aliphatic rings. The molecule has 0 unspecified atom stereocenters. The minimum absolute atomic E-state index is 0.0882. The quantitative estimate of drug-likeness (QED) is 0.809. The van der Waals surface area contributed by atoms with Gasteiger partial charge in [-0.3, -0.25) is 0 Å². The van der Waals surface area contributed by atoms with Crippen LogP contribution < -0.4 is 5.32 Å². The molecule has 1 N–H and O–H groups in total. The molecule has 1 heterocycles. The van der Waals surface area contributed by atoms with Gasteiger partial charge in [-0.25, -0.2) is 4.79 Å². The van der Waals surface area contributed by atoms with Crippen LogP contribution in [0.1, 0.15) is 44.4 Å². The van der Waals surface area contributed by atoms with Crippen molar-refractivity contribution < 1.29 is 9.53 Å². The van der Waals surface area contributed by atoms with Crippen molar-refractivity contribution in [3.05, 3.63) is 35.4 Å². The van der Waals surface area contributed by atoms with Gasteiger partial charge in [0.1, 0.15) is 0 Å². The lowest BCUT2D eigenvalue weighted by Gasteiger charge is -2.25. The fourth-order valence-electron chi connectivity index (χ4n) is 1.99. The first-order valence-electron chi connectivity index (χ1n) is 6.00. The molecular formula is C14H19NO2. The van der Waals surface area contributed by atoms with Crippen LogP contribution >= 0.6 is 0 Å². The Bertz CT molecular complexity index is 403. The summed E-state index contributed by atoms with van der Waals surface area (Å²) >= 11 is 0. The summed E-state index contributed by atoms with van der Waals surface area (Å²) < 4.78 is 4.86. The lowest BCUT2D eigenvalue weighted by Crippen LogP contribution is -2.35. The number of amides is 1. The van der Waals surface area contributed by atoms with Crippen molar-refractivity contribution in [2.24, 2.45) is 0 Å². The minimum Gasteiger partial charge on any atom is -0.449 e. The lowest BCUT2D eigenvalue weighted by atomic mass is 9.86. The third-order valence-corrected chi connectivity index (χ3v) is 3.11. The molecule has 0 radical (unpaired) electrons. The fourth-order valence-corrected chi connectivity index (χ4v) is 1.99. The zero-order valence-electron chi connectivity index (χ0n) is 10.6. The molecule has 0 spiro atoms. The Balaban J connectivity index is 2.15. The molecule has 0 saturated carbocycles. The van der Waals surface area contributed by atoms with Gasteiger partial charge in [0, 0.05) is 6.42 Å². The first kappa shape index (κ1) is 12.0. The van der Waals surface area contributed by atoms with E-state index in [2.05, 4.69) is 50.4 Å². The average molecular weight is 233 g/mol. The summed E-state index contributed by atoms with van der Waals surface area (Å²) in [5, 5.41) is 2.83. The molecule has 17 heavy (non-hydrogen) atoms. The highest BCUT2D eigenvalue weighted by molar-refractivity contribution is 5.68. The maximum absolute atomic E-state index is 11.1. The van der Waals surface area contributed by atoms with Crippen LogP contribution in [0, 0.1) is 0 Å². The molecule has 1 aromatic carbocycles. The Hall–Kier alpha value is -1.51. The van der Waals surface area contributed by atoms with Gasteiger partial charge in [-0.15, -0.1) is 0 Å². The Kier molecular flexibility index (Phi) is 3.09. The number of benzene rings is 1. The number of alkyl carbamates (subject to hydrolysis) is 1. The molecule has 92 valence electrons. The summed E-state index contributed by atoms with van der Waals surface area (Å²) in [6, 6.07) is 8.55. The zero-order valence-corrected chi connectivity index (χ0v) is 10.6. The van der Waals surface area contributed by atoms with E-state index in [1.165, 1.54) is 5.56 Å². The highest BCUT2D eigenvalue weighted by atomic mass is 16.5. The molecule has 1 fully saturated rings. The van der Waals surface area contributed by atoms with E-state index in [0.717, 1.165) is 12.0 Å². The molecule has 0 aliphatic carbocycles. The molecule has 3 heteroatoms. The fraction of sp³-hybridized carbons (Fsp3) is 0.500. The molecule has 1 aliphatic heterocycles. The van der Waals surface area contributed by atoms with Crippen molar-refractivity contribution in [1.82, 2.24) is 5.32 Å². The van der Waals surface area contributed by atoms with Gasteiger partial charge < -0.3 is 10.1 Å². The SMILES string of the molecule is CC(C)(C)c1ccc([C@@H]2CCOC(=O)N2)cc1. The normalized spacial score (nSPS) is 20.6. The van der Waals surface area contributed by atoms with E-state index in [0.29, 0.717) is 6.61 Å². The molecule has 2 rings (SSSR count). The van der Waals surface area contributed by atoms with Crippen molar-refractivity contribution in [2.45, 2.75) is 38.6 Å². The maximum atomic E-state index is 11.1. The standard InChI is InChI=1S/C14H19NO2/c1-14(2,3)11-6-4-10(5-7-11)12-8-9-17-13(16)15-12/h4-7,12H,8-9H2,1-3H3,(H,15,16)/t12-/m0/s1. The Labute approximate surface area is 102 Å². The summed E-state index contributed by atoms with van der Waals surface area (Å²) in [7, 11) is 0. The van der Waals surface area contributed by atoms with Crippen molar-refractivity contribution in [1.29, 1.82) is 0 Å². The van der Waals surface area contributed by atoms with Gasteiger partial charge >= 0.3 is 6.09 Å². The number of carbonyl (C=O) groups excluding carboxylic acids is 1. The van der Waals surface area contributed by atoms with E-state index in [1.54, 1.807) is 0 Å². The van der Waals surface area contributed by atoms with Gasteiger partial charge in [-0.2, -0.15) is 0 Å². The van der Waals surface area contributed by atoms with Gasteiger partial charge in [0.2, 0.25) is 0 Å². The van der Waals surface area contributed by atoms with Crippen LogP contribution in [0.5, 0.6) is 0 Å². The number of ether oxygens (including phenoxy) is 1. The van der Waals surface area contributed by atoms with Crippen LogP contribution in [0.3, 0.4) is 0 Å². The summed E-state index contributed by atoms with van der Waals surface area (Å²) in [5.41, 5.74) is 2.62. The molecule has 0 aromatic heterocycles. The third kappa shape index (κ3) is 2.78. The molecule has 1 amide bonds. The second kappa shape index (κ2) is 4.40. The minimum atomic E-state index is -0.318. The van der Waals surface area contributed by atoms with Crippen molar-refractivity contribution in [3.8, 4) is 0 Å². The molecule has 1 atom stereocenters. The predicted octanol–water partition coefficient (Wildman–Crippen LogP) is 3.16. The topological polar surface area (TPSA) is 38.3 Å². The largest absolute Gasteiger partial charge is 0.449 e. The van der Waals surface area contributed by atoms with Crippen molar-refractivity contribution in [2.75, 3.05) is 6.61 Å². The first-order valence-corrected chi connectivity index (χ1v) is 6.00.